The van der Waals surface area contributed by atoms with Gasteiger partial charge in [-0.1, -0.05) is 23.7 Å². The van der Waals surface area contributed by atoms with E-state index in [4.69, 9.17) is 16.3 Å². The molecule has 174 valence electrons. The Kier molecular flexibility index (Phi) is 7.00. The predicted molar refractivity (Wildman–Crippen MR) is 127 cm³/mol. The number of halogens is 2. The van der Waals surface area contributed by atoms with E-state index >= 15 is 0 Å². The molecule has 2 aliphatic heterocycles. The number of likely N-dealkylation sites (tertiary alicyclic amines) is 1. The molecule has 0 spiro atoms. The zero-order valence-corrected chi connectivity index (χ0v) is 19.4. The van der Waals surface area contributed by atoms with Crippen LogP contribution < -0.4 is 10.1 Å². The molecule has 2 aromatic carbocycles. The van der Waals surface area contributed by atoms with Crippen LogP contribution in [0.1, 0.15) is 30.9 Å². The molecule has 2 atom stereocenters. The third kappa shape index (κ3) is 5.37. The van der Waals surface area contributed by atoms with Gasteiger partial charge >= 0.3 is 0 Å². The van der Waals surface area contributed by atoms with Gasteiger partial charge < -0.3 is 15.0 Å². The Hall–Kier alpha value is -2.90. The molecule has 0 radical (unpaired) electrons. The molecule has 2 bridgehead atoms. The molecular weight excluding hydrogens is 445 g/mol. The number of nitrogens with one attached hydrogen (secondary N) is 1. The summed E-state index contributed by atoms with van der Waals surface area (Å²) in [5, 5.41) is 3.12. The molecule has 2 fully saturated rings. The van der Waals surface area contributed by atoms with Gasteiger partial charge in [0.25, 0.3) is 0 Å². The number of piperazine rings is 1. The fourth-order valence-electron chi connectivity index (χ4n) is 4.74. The molecule has 2 saturated heterocycles. The van der Waals surface area contributed by atoms with E-state index in [1.807, 2.05) is 17.0 Å². The van der Waals surface area contributed by atoms with Gasteiger partial charge in [0.1, 0.15) is 11.6 Å². The Morgan fingerprint density at radius 2 is 1.85 bits per heavy atom. The average molecular weight is 472 g/mol. The average Bonchev–Trinajstić information content (AvgIpc) is 3.04. The maximum Gasteiger partial charge on any atom is 0.247 e. The number of amides is 2. The number of fused-ring (bicyclic) bond motifs is 2. The monoisotopic (exact) mass is 471 g/mol. The normalized spacial score (nSPS) is 20.3. The molecule has 2 aromatic rings. The van der Waals surface area contributed by atoms with Crippen LogP contribution >= 0.6 is 11.6 Å². The minimum Gasteiger partial charge on any atom is -0.495 e. The molecule has 6 nitrogen and oxygen atoms in total. The largest absolute Gasteiger partial charge is 0.495 e. The van der Waals surface area contributed by atoms with Gasteiger partial charge in [0, 0.05) is 56.0 Å². The summed E-state index contributed by atoms with van der Waals surface area (Å²) in [6, 6.07) is 10.2. The molecule has 0 aromatic heterocycles. The molecule has 4 rings (SSSR count). The number of hydrogen-bond acceptors (Lipinski definition) is 4. The highest BCUT2D eigenvalue weighted by Gasteiger charge is 2.41. The zero-order valence-electron chi connectivity index (χ0n) is 18.7. The molecule has 33 heavy (non-hydrogen) atoms. The molecule has 1 N–H and O–H groups in total. The Labute approximate surface area is 198 Å². The maximum absolute atomic E-state index is 13.2. The van der Waals surface area contributed by atoms with Crippen LogP contribution in [0, 0.1) is 5.82 Å². The van der Waals surface area contributed by atoms with Gasteiger partial charge in [-0.3, -0.25) is 14.5 Å². The van der Waals surface area contributed by atoms with Crippen molar-refractivity contribution in [3.8, 4) is 5.75 Å². The number of carbonyl (C=O) groups excluding carboxylic acids is 2. The van der Waals surface area contributed by atoms with Crippen LogP contribution in [0.2, 0.25) is 5.02 Å². The quantitative estimate of drug-likeness (QED) is 0.637. The first-order valence-corrected chi connectivity index (χ1v) is 11.3. The van der Waals surface area contributed by atoms with Crippen molar-refractivity contribution in [2.24, 2.45) is 0 Å². The topological polar surface area (TPSA) is 61.9 Å². The molecule has 2 aliphatic rings. The van der Waals surface area contributed by atoms with Crippen molar-refractivity contribution in [3.63, 3.8) is 0 Å². The van der Waals surface area contributed by atoms with Crippen molar-refractivity contribution in [3.05, 3.63) is 64.4 Å². The minimum atomic E-state index is -0.235. The zero-order chi connectivity index (χ0) is 23.5. The SMILES string of the molecule is COc1cc(/C=C/C(=O)N2C3CCC2CN(Cc2ccc(F)cc2)C3)c(NC(C)=O)cc1Cl. The Balaban J connectivity index is 1.46. The van der Waals surface area contributed by atoms with E-state index in [1.165, 1.54) is 26.2 Å². The summed E-state index contributed by atoms with van der Waals surface area (Å²) in [4.78, 5) is 29.0. The lowest BCUT2D eigenvalue weighted by Gasteiger charge is -2.40. The summed E-state index contributed by atoms with van der Waals surface area (Å²) in [5.41, 5.74) is 2.23. The number of ether oxygens (including phenoxy) is 1. The minimum absolute atomic E-state index is 0.0494. The molecule has 0 saturated carbocycles. The molecule has 8 heteroatoms. The second-order valence-electron chi connectivity index (χ2n) is 8.54. The van der Waals surface area contributed by atoms with Gasteiger partial charge in [0.15, 0.2) is 0 Å². The highest BCUT2D eigenvalue weighted by Crippen LogP contribution is 2.33. The number of nitrogens with zero attached hydrogens (tertiary/aromatic N) is 2. The second-order valence-corrected chi connectivity index (χ2v) is 8.95. The van der Waals surface area contributed by atoms with Crippen molar-refractivity contribution < 1.29 is 18.7 Å². The van der Waals surface area contributed by atoms with Crippen molar-refractivity contribution >= 4 is 35.2 Å². The number of rotatable bonds is 6. The maximum atomic E-state index is 13.2. The van der Waals surface area contributed by atoms with E-state index < -0.39 is 0 Å². The highest BCUT2D eigenvalue weighted by atomic mass is 35.5. The van der Waals surface area contributed by atoms with E-state index in [0.717, 1.165) is 38.0 Å². The van der Waals surface area contributed by atoms with Crippen molar-refractivity contribution in [2.45, 2.75) is 38.4 Å². The Morgan fingerprint density at radius 1 is 1.18 bits per heavy atom. The van der Waals surface area contributed by atoms with Crippen LogP contribution in [-0.4, -0.2) is 53.9 Å². The van der Waals surface area contributed by atoms with Crippen molar-refractivity contribution in [2.75, 3.05) is 25.5 Å². The van der Waals surface area contributed by atoms with Gasteiger partial charge in [0.2, 0.25) is 11.8 Å². The summed E-state index contributed by atoms with van der Waals surface area (Å²) >= 11 is 6.20. The Morgan fingerprint density at radius 3 is 2.45 bits per heavy atom. The van der Waals surface area contributed by atoms with Crippen LogP contribution in [0.25, 0.3) is 6.08 Å². The number of anilines is 1. The second kappa shape index (κ2) is 9.93. The summed E-state index contributed by atoms with van der Waals surface area (Å²) in [6.45, 7) is 3.74. The fraction of sp³-hybridized carbons (Fsp3) is 0.360. The molecule has 2 unspecified atom stereocenters. The first-order valence-electron chi connectivity index (χ1n) is 11.0. The highest BCUT2D eigenvalue weighted by molar-refractivity contribution is 6.32. The third-order valence-electron chi connectivity index (χ3n) is 6.17. The third-order valence-corrected chi connectivity index (χ3v) is 6.47. The lowest BCUT2D eigenvalue weighted by atomic mass is 10.1. The van der Waals surface area contributed by atoms with Crippen molar-refractivity contribution in [1.82, 2.24) is 9.80 Å². The van der Waals surface area contributed by atoms with Gasteiger partial charge in [0.05, 0.1) is 12.1 Å². The van der Waals surface area contributed by atoms with Crippen molar-refractivity contribution in [1.29, 1.82) is 0 Å². The first kappa shape index (κ1) is 23.3. The van der Waals surface area contributed by atoms with Gasteiger partial charge in [-0.2, -0.15) is 0 Å². The van der Waals surface area contributed by atoms with Crippen LogP contribution in [0.5, 0.6) is 5.75 Å². The van der Waals surface area contributed by atoms with E-state index in [2.05, 4.69) is 10.2 Å². The summed E-state index contributed by atoms with van der Waals surface area (Å²) < 4.78 is 18.5. The number of benzene rings is 2. The summed E-state index contributed by atoms with van der Waals surface area (Å²) in [7, 11) is 1.51. The Bertz CT molecular complexity index is 1060. The summed E-state index contributed by atoms with van der Waals surface area (Å²) in [5.74, 6) is -0.0486. The fourth-order valence-corrected chi connectivity index (χ4v) is 4.98. The van der Waals surface area contributed by atoms with Crippen LogP contribution in [0.15, 0.2) is 42.5 Å². The first-order chi connectivity index (χ1) is 15.8. The van der Waals surface area contributed by atoms with Gasteiger partial charge in [-0.25, -0.2) is 4.39 Å². The van der Waals surface area contributed by atoms with Gasteiger partial charge in [-0.15, -0.1) is 0 Å². The standard InChI is InChI=1S/C25H27ClFN3O3/c1-16(31)28-23-12-22(26)24(33-2)11-18(23)5-10-25(32)30-20-8-9-21(30)15-29(14-20)13-17-3-6-19(27)7-4-17/h3-7,10-12,20-21H,8-9,13-15H2,1-2H3,(H,28,31)/b10-5+. The van der Waals surface area contributed by atoms with Crippen LogP contribution in [0.3, 0.4) is 0 Å². The smallest absolute Gasteiger partial charge is 0.247 e. The molecule has 2 amide bonds. The summed E-state index contributed by atoms with van der Waals surface area (Å²) in [6.07, 6.45) is 5.18. The number of hydrogen-bond donors (Lipinski definition) is 1. The van der Waals surface area contributed by atoms with E-state index in [9.17, 15) is 14.0 Å². The van der Waals surface area contributed by atoms with E-state index in [-0.39, 0.29) is 29.7 Å². The number of carbonyl (C=O) groups is 2. The van der Waals surface area contributed by atoms with Gasteiger partial charge in [-0.05, 0) is 48.7 Å². The molecule has 2 heterocycles. The lowest BCUT2D eigenvalue weighted by Crippen LogP contribution is -2.55. The molecule has 0 aliphatic carbocycles. The van der Waals surface area contributed by atoms with Crippen LogP contribution in [0.4, 0.5) is 10.1 Å². The van der Waals surface area contributed by atoms with Crippen LogP contribution in [-0.2, 0) is 16.1 Å². The van der Waals surface area contributed by atoms with E-state index in [1.54, 1.807) is 24.3 Å². The molecular formula is C25H27ClFN3O3. The predicted octanol–water partition coefficient (Wildman–Crippen LogP) is 4.33. The van der Waals surface area contributed by atoms with E-state index in [0.29, 0.717) is 22.0 Å². The number of methoxy groups -OCH3 is 1. The lowest BCUT2D eigenvalue weighted by molar-refractivity contribution is -0.131.